The largest absolute Gasteiger partial charge is 0.473 e. The zero-order valence-corrected chi connectivity index (χ0v) is 18.5. The number of aliphatic carboxylic acids is 2. The fraction of sp³-hybridized carbons (Fsp3) is 0.526. The summed E-state index contributed by atoms with van der Waals surface area (Å²) in [6, 6.07) is 0. The Bertz CT molecular complexity index is 1000. The minimum Gasteiger partial charge on any atom is -0.473 e. The second-order valence-corrected chi connectivity index (χ2v) is 8.30. The normalized spacial score (nSPS) is 15.7. The number of rotatable bonds is 8. The first kappa shape index (κ1) is 24.3. The van der Waals surface area contributed by atoms with Crippen LogP contribution in [0.15, 0.2) is 9.90 Å². The molecule has 0 unspecified atom stereocenters. The zero-order chi connectivity index (χ0) is 24.0. The number of nitrogens with one attached hydrogen (secondary N) is 1. The Morgan fingerprint density at radius 3 is 2.48 bits per heavy atom. The van der Waals surface area contributed by atoms with Gasteiger partial charge in [-0.3, -0.25) is 14.5 Å². The highest BCUT2D eigenvalue weighted by Crippen LogP contribution is 2.39. The summed E-state index contributed by atoms with van der Waals surface area (Å²) in [4.78, 5) is 52.6. The van der Waals surface area contributed by atoms with Gasteiger partial charge in [0, 0.05) is 24.4 Å². The third-order valence-corrected chi connectivity index (χ3v) is 5.49. The second kappa shape index (κ2) is 11.0. The quantitative estimate of drug-likeness (QED) is 0.354. The van der Waals surface area contributed by atoms with Gasteiger partial charge in [0.25, 0.3) is 0 Å². The number of anilines is 1. The van der Waals surface area contributed by atoms with Crippen LogP contribution in [0.5, 0.6) is 0 Å². The average Bonchev–Trinajstić information content (AvgIpc) is 3.30. The van der Waals surface area contributed by atoms with E-state index in [1.165, 1.54) is 11.3 Å². The lowest BCUT2D eigenvalue weighted by Crippen LogP contribution is -2.48. The minimum atomic E-state index is -1.82. The third kappa shape index (κ3) is 7.32. The number of carbonyl (C=O) groups excluding carboxylic acids is 2. The molecule has 33 heavy (non-hydrogen) atoms. The van der Waals surface area contributed by atoms with E-state index in [1.807, 2.05) is 4.90 Å². The highest BCUT2D eigenvalue weighted by atomic mass is 32.1. The van der Waals surface area contributed by atoms with Gasteiger partial charge in [-0.05, 0) is 19.8 Å². The highest BCUT2D eigenvalue weighted by Gasteiger charge is 2.36. The summed E-state index contributed by atoms with van der Waals surface area (Å²) >= 11 is 1.30. The van der Waals surface area contributed by atoms with Gasteiger partial charge < -0.3 is 24.8 Å². The molecule has 2 aromatic heterocycles. The topological polar surface area (TPSA) is 185 Å². The maximum Gasteiger partial charge on any atom is 0.414 e. The summed E-state index contributed by atoms with van der Waals surface area (Å²) in [6.45, 7) is 3.84. The van der Waals surface area contributed by atoms with Crippen LogP contribution in [-0.4, -0.2) is 80.3 Å². The second-order valence-electron chi connectivity index (χ2n) is 7.44. The van der Waals surface area contributed by atoms with Crippen LogP contribution in [0.2, 0.25) is 0 Å². The van der Waals surface area contributed by atoms with E-state index >= 15 is 0 Å². The van der Waals surface area contributed by atoms with E-state index in [2.05, 4.69) is 20.4 Å². The van der Waals surface area contributed by atoms with Crippen molar-refractivity contribution in [1.29, 1.82) is 0 Å². The molecule has 2 aromatic rings. The molecule has 2 fully saturated rings. The summed E-state index contributed by atoms with van der Waals surface area (Å²) in [5.41, 5.74) is 0.598. The minimum absolute atomic E-state index is 0.112. The first-order chi connectivity index (χ1) is 15.7. The molecule has 0 atom stereocenters. The molecule has 1 saturated carbocycles. The third-order valence-electron chi connectivity index (χ3n) is 4.69. The SMILES string of the molecule is CCOC(=O)Cc1csc(NC(=O)CN2CC(c3nc(C4CC4)no3)C2)n1.O=C(O)C(=O)O. The van der Waals surface area contributed by atoms with E-state index < -0.39 is 11.9 Å². The van der Waals surface area contributed by atoms with Gasteiger partial charge in [-0.1, -0.05) is 5.16 Å². The molecule has 0 bridgehead atoms. The van der Waals surface area contributed by atoms with Crippen LogP contribution in [0, 0.1) is 0 Å². The number of nitrogens with zero attached hydrogens (tertiary/aromatic N) is 4. The van der Waals surface area contributed by atoms with Crippen LogP contribution in [0.4, 0.5) is 5.13 Å². The Morgan fingerprint density at radius 2 is 1.88 bits per heavy atom. The fourth-order valence-corrected chi connectivity index (χ4v) is 3.67. The molecular weight excluding hydrogens is 458 g/mol. The number of esters is 1. The molecule has 0 radical (unpaired) electrons. The van der Waals surface area contributed by atoms with Gasteiger partial charge in [-0.15, -0.1) is 11.3 Å². The van der Waals surface area contributed by atoms with Gasteiger partial charge in [-0.25, -0.2) is 14.6 Å². The number of aromatic nitrogens is 3. The fourth-order valence-electron chi connectivity index (χ4n) is 2.94. The van der Waals surface area contributed by atoms with Crippen LogP contribution in [-0.2, 0) is 30.3 Å². The van der Waals surface area contributed by atoms with Gasteiger partial charge in [0.2, 0.25) is 11.8 Å². The first-order valence-electron chi connectivity index (χ1n) is 10.2. The van der Waals surface area contributed by atoms with E-state index in [0.717, 1.165) is 31.8 Å². The Kier molecular flexibility index (Phi) is 8.06. The number of thiazole rings is 1. The summed E-state index contributed by atoms with van der Waals surface area (Å²) in [7, 11) is 0. The van der Waals surface area contributed by atoms with Gasteiger partial charge >= 0.3 is 17.9 Å². The number of hydrogen-bond acceptors (Lipinski definition) is 11. The first-order valence-corrected chi connectivity index (χ1v) is 11.0. The molecule has 1 saturated heterocycles. The van der Waals surface area contributed by atoms with Crippen molar-refractivity contribution in [2.45, 2.75) is 38.0 Å². The lowest BCUT2D eigenvalue weighted by Gasteiger charge is -2.36. The summed E-state index contributed by atoms with van der Waals surface area (Å²) in [6.07, 6.45) is 2.41. The average molecular weight is 481 g/mol. The molecule has 13 nitrogen and oxygen atoms in total. The molecule has 3 heterocycles. The van der Waals surface area contributed by atoms with Crippen molar-refractivity contribution in [3.63, 3.8) is 0 Å². The number of amides is 1. The Labute approximate surface area is 191 Å². The Balaban J connectivity index is 0.000000454. The Morgan fingerprint density at radius 1 is 1.18 bits per heavy atom. The molecule has 1 aliphatic carbocycles. The summed E-state index contributed by atoms with van der Waals surface area (Å²) < 4.78 is 10.2. The molecule has 0 aromatic carbocycles. The van der Waals surface area contributed by atoms with E-state index in [1.54, 1.807) is 12.3 Å². The molecule has 14 heteroatoms. The van der Waals surface area contributed by atoms with Gasteiger partial charge in [0.15, 0.2) is 11.0 Å². The van der Waals surface area contributed by atoms with Crippen molar-refractivity contribution in [1.82, 2.24) is 20.0 Å². The lowest BCUT2D eigenvalue weighted by atomic mass is 10.0. The summed E-state index contributed by atoms with van der Waals surface area (Å²) in [5.74, 6) is -1.91. The van der Waals surface area contributed by atoms with E-state index in [9.17, 15) is 9.59 Å². The molecule has 1 aliphatic heterocycles. The van der Waals surface area contributed by atoms with Gasteiger partial charge in [-0.2, -0.15) is 4.98 Å². The van der Waals surface area contributed by atoms with Crippen LogP contribution in [0.25, 0.3) is 0 Å². The molecule has 178 valence electrons. The Hall–Kier alpha value is -3.39. The molecule has 0 spiro atoms. The van der Waals surface area contributed by atoms with Crippen molar-refractivity contribution in [3.05, 3.63) is 22.8 Å². The number of hydrogen-bond donors (Lipinski definition) is 3. The monoisotopic (exact) mass is 481 g/mol. The number of carbonyl (C=O) groups is 4. The van der Waals surface area contributed by atoms with E-state index in [0.29, 0.717) is 29.2 Å². The maximum absolute atomic E-state index is 12.2. The van der Waals surface area contributed by atoms with Crippen LogP contribution >= 0.6 is 11.3 Å². The molecule has 2 aliphatic rings. The smallest absolute Gasteiger partial charge is 0.414 e. The number of carboxylic acid groups (broad SMARTS) is 2. The summed E-state index contributed by atoms with van der Waals surface area (Å²) in [5, 5.41) is 23.8. The highest BCUT2D eigenvalue weighted by molar-refractivity contribution is 7.13. The van der Waals surface area contributed by atoms with Gasteiger partial charge in [0.1, 0.15) is 0 Å². The van der Waals surface area contributed by atoms with Crippen LogP contribution in [0.3, 0.4) is 0 Å². The lowest BCUT2D eigenvalue weighted by molar-refractivity contribution is -0.159. The van der Waals surface area contributed by atoms with Crippen molar-refractivity contribution >= 4 is 40.3 Å². The molecule has 3 N–H and O–H groups in total. The van der Waals surface area contributed by atoms with Crippen LogP contribution < -0.4 is 5.32 Å². The van der Waals surface area contributed by atoms with Gasteiger partial charge in [0.05, 0.1) is 31.2 Å². The molecular formula is C19H23N5O8S. The number of likely N-dealkylation sites (tertiary alicyclic amines) is 1. The molecule has 4 rings (SSSR count). The van der Waals surface area contributed by atoms with Crippen molar-refractivity contribution in [2.24, 2.45) is 0 Å². The van der Waals surface area contributed by atoms with E-state index in [4.69, 9.17) is 29.1 Å². The van der Waals surface area contributed by atoms with Crippen molar-refractivity contribution < 1.29 is 38.7 Å². The maximum atomic E-state index is 12.2. The molecule has 1 amide bonds. The zero-order valence-electron chi connectivity index (χ0n) is 17.7. The predicted molar refractivity (Wildman–Crippen MR) is 112 cm³/mol. The predicted octanol–water partition coefficient (Wildman–Crippen LogP) is 0.703. The number of ether oxygens (including phenoxy) is 1. The van der Waals surface area contributed by atoms with E-state index in [-0.39, 0.29) is 30.8 Å². The standard InChI is InChI=1S/C17H21N5O4S.C2H2O4/c1-2-25-14(24)5-12-9-27-17(18-12)19-13(23)8-22-6-11(7-22)16-20-15(21-26-16)10-3-4-10;3-1(4)2(5)6/h9-11H,2-8H2,1H3,(H,18,19,23);(H,3,4)(H,5,6). The van der Waals surface area contributed by atoms with Crippen molar-refractivity contribution in [3.8, 4) is 0 Å². The van der Waals surface area contributed by atoms with Crippen molar-refractivity contribution in [2.75, 3.05) is 31.6 Å². The number of carboxylic acids is 2. The van der Waals surface area contributed by atoms with Crippen LogP contribution in [0.1, 0.15) is 49.0 Å².